The van der Waals surface area contributed by atoms with Gasteiger partial charge < -0.3 is 5.73 Å². The van der Waals surface area contributed by atoms with E-state index in [4.69, 9.17) is 5.73 Å². The zero-order chi connectivity index (χ0) is 15.8. The van der Waals surface area contributed by atoms with Crippen molar-refractivity contribution < 1.29 is 4.39 Å². The van der Waals surface area contributed by atoms with Crippen molar-refractivity contribution in [3.63, 3.8) is 0 Å². The van der Waals surface area contributed by atoms with Crippen LogP contribution in [-0.4, -0.2) is 20.9 Å². The summed E-state index contributed by atoms with van der Waals surface area (Å²) in [5, 5.41) is 4.00. The van der Waals surface area contributed by atoms with Gasteiger partial charge in [0.2, 0.25) is 0 Å². The topological polar surface area (TPSA) is 65.8 Å². The first kappa shape index (κ1) is 15.7. The van der Waals surface area contributed by atoms with Crippen LogP contribution in [0.15, 0.2) is 77.6 Å². The molecule has 0 saturated heterocycles. The molecule has 0 unspecified atom stereocenters. The van der Waals surface area contributed by atoms with Crippen molar-refractivity contribution in [2.45, 2.75) is 6.54 Å². The fraction of sp³-hybridized carbons (Fsp3) is 0.125. The number of halogens is 1. The lowest BCUT2D eigenvalue weighted by Gasteiger charge is -2.01. The molecule has 0 spiro atoms. The molecule has 114 valence electrons. The SMILES string of the molecule is NC/C(=C\F)Cn1ncn(-c2ccccccccc2)c1=O. The van der Waals surface area contributed by atoms with Gasteiger partial charge in [-0.25, -0.2) is 18.4 Å². The summed E-state index contributed by atoms with van der Waals surface area (Å²) in [5.74, 6) is 0. The molecular weight excluding hydrogens is 283 g/mol. The maximum atomic E-state index is 12.6. The first-order chi connectivity index (χ1) is 10.8. The Morgan fingerprint density at radius 2 is 1.73 bits per heavy atom. The van der Waals surface area contributed by atoms with Gasteiger partial charge in [0.25, 0.3) is 0 Å². The van der Waals surface area contributed by atoms with E-state index in [0.29, 0.717) is 17.6 Å². The largest absolute Gasteiger partial charge is 0.350 e. The maximum absolute atomic E-state index is 12.6. The lowest BCUT2D eigenvalue weighted by Crippen LogP contribution is -2.25. The highest BCUT2D eigenvalue weighted by Gasteiger charge is 2.07. The van der Waals surface area contributed by atoms with E-state index in [1.165, 1.54) is 15.6 Å². The molecule has 0 aliphatic carbocycles. The molecule has 0 aliphatic heterocycles. The lowest BCUT2D eigenvalue weighted by atomic mass is 10.3. The van der Waals surface area contributed by atoms with Crippen molar-refractivity contribution in [3.8, 4) is 5.69 Å². The Kier molecular flexibility index (Phi) is 5.62. The summed E-state index contributed by atoms with van der Waals surface area (Å²) >= 11 is 0. The number of hydrogen-bond acceptors (Lipinski definition) is 3. The Hall–Kier alpha value is -2.73. The van der Waals surface area contributed by atoms with E-state index in [2.05, 4.69) is 5.10 Å². The molecule has 0 bridgehead atoms. The highest BCUT2D eigenvalue weighted by Crippen LogP contribution is 2.01. The van der Waals surface area contributed by atoms with Crippen molar-refractivity contribution in [2.75, 3.05) is 6.54 Å². The highest BCUT2D eigenvalue weighted by molar-refractivity contribution is 5.28. The molecule has 0 amide bonds. The molecule has 1 aromatic heterocycles. The van der Waals surface area contributed by atoms with Gasteiger partial charge in [0, 0.05) is 6.54 Å². The standard InChI is InChI=1S/C16H17FN4O/c17-10-14(11-18)12-21-16(22)20(13-19-21)15-8-6-4-2-1-3-5-7-9-15/h1-10,13H,11-12,18H2/b2-1?,3-1?,4-2?,5-3?,6-4?,7-5?,8-6?,9-7?,14-10+,15-8?,15-9?. The number of nitrogens with zero attached hydrogens (tertiary/aromatic N) is 3. The molecular formula is C16H17FN4O. The third-order valence-corrected chi connectivity index (χ3v) is 2.98. The number of hydrogen-bond donors (Lipinski definition) is 1. The average molecular weight is 300 g/mol. The van der Waals surface area contributed by atoms with E-state index < -0.39 is 0 Å². The molecule has 0 fully saturated rings. The minimum Gasteiger partial charge on any atom is -0.327 e. The van der Waals surface area contributed by atoms with Crippen LogP contribution in [0.3, 0.4) is 0 Å². The molecule has 1 aromatic carbocycles. The van der Waals surface area contributed by atoms with Crippen LogP contribution in [0.5, 0.6) is 0 Å². The van der Waals surface area contributed by atoms with Crippen LogP contribution in [0.25, 0.3) is 5.69 Å². The van der Waals surface area contributed by atoms with E-state index >= 15 is 0 Å². The summed E-state index contributed by atoms with van der Waals surface area (Å²) in [7, 11) is 0. The first-order valence-corrected chi connectivity index (χ1v) is 6.77. The van der Waals surface area contributed by atoms with Crippen molar-refractivity contribution in [1.82, 2.24) is 14.3 Å². The predicted octanol–water partition coefficient (Wildman–Crippen LogP) is 1.97. The van der Waals surface area contributed by atoms with Gasteiger partial charge in [-0.05, 0) is 17.7 Å². The normalized spacial score (nSPS) is 11.1. The van der Waals surface area contributed by atoms with E-state index in [1.807, 2.05) is 42.5 Å². The lowest BCUT2D eigenvalue weighted by molar-refractivity contribution is 0.612. The van der Waals surface area contributed by atoms with Crippen LogP contribution < -0.4 is 11.4 Å². The van der Waals surface area contributed by atoms with Crippen LogP contribution in [-0.2, 0) is 6.54 Å². The van der Waals surface area contributed by atoms with E-state index in [9.17, 15) is 9.18 Å². The third kappa shape index (κ3) is 3.89. The van der Waals surface area contributed by atoms with Crippen LogP contribution >= 0.6 is 0 Å². The number of nitrogens with two attached hydrogens (primary N) is 1. The molecule has 0 saturated carbocycles. The summed E-state index contributed by atoms with van der Waals surface area (Å²) in [4.78, 5) is 12.3. The highest BCUT2D eigenvalue weighted by atomic mass is 19.1. The Bertz CT molecular complexity index is 738. The summed E-state index contributed by atoms with van der Waals surface area (Å²) in [5.41, 5.74) is 6.00. The zero-order valence-corrected chi connectivity index (χ0v) is 12.0. The van der Waals surface area contributed by atoms with Crippen LogP contribution in [0.4, 0.5) is 4.39 Å². The van der Waals surface area contributed by atoms with E-state index in [0.717, 1.165) is 0 Å². The second kappa shape index (κ2) is 7.90. The molecule has 22 heavy (non-hydrogen) atoms. The van der Waals surface area contributed by atoms with Gasteiger partial charge in [-0.15, -0.1) is 0 Å². The molecule has 5 nitrogen and oxygen atoms in total. The fourth-order valence-corrected chi connectivity index (χ4v) is 1.80. The molecule has 2 aromatic rings. The van der Waals surface area contributed by atoms with Crippen LogP contribution in [0.2, 0.25) is 0 Å². The summed E-state index contributed by atoms with van der Waals surface area (Å²) in [6, 6.07) is 16.6. The minimum atomic E-state index is -0.353. The predicted molar refractivity (Wildman–Crippen MR) is 83.7 cm³/mol. The smallest absolute Gasteiger partial charge is 0.327 e. The molecule has 2 rings (SSSR count). The van der Waals surface area contributed by atoms with E-state index in [-0.39, 0.29) is 18.8 Å². The number of rotatable bonds is 4. The quantitative estimate of drug-likeness (QED) is 0.939. The average Bonchev–Trinajstić information content (AvgIpc) is 2.90. The van der Waals surface area contributed by atoms with Crippen molar-refractivity contribution in [3.05, 3.63) is 83.3 Å². The van der Waals surface area contributed by atoms with Crippen molar-refractivity contribution in [1.29, 1.82) is 0 Å². The maximum Gasteiger partial charge on any atom is 0.350 e. The van der Waals surface area contributed by atoms with Gasteiger partial charge in [-0.2, -0.15) is 5.10 Å². The molecule has 6 heteroatoms. The zero-order valence-electron chi connectivity index (χ0n) is 12.0. The van der Waals surface area contributed by atoms with Crippen molar-refractivity contribution >= 4 is 0 Å². The monoisotopic (exact) mass is 300 g/mol. The van der Waals surface area contributed by atoms with Gasteiger partial charge in [0.15, 0.2) is 0 Å². The fourth-order valence-electron chi connectivity index (χ4n) is 1.80. The Morgan fingerprint density at radius 1 is 1.14 bits per heavy atom. The summed E-state index contributed by atoms with van der Waals surface area (Å²) < 4.78 is 15.1. The second-order valence-electron chi connectivity index (χ2n) is 4.52. The summed E-state index contributed by atoms with van der Waals surface area (Å²) in [6.45, 7) is 0.0760. The third-order valence-electron chi connectivity index (χ3n) is 2.98. The Balaban J connectivity index is 2.43. The summed E-state index contributed by atoms with van der Waals surface area (Å²) in [6.07, 6.45) is 1.82. The second-order valence-corrected chi connectivity index (χ2v) is 4.52. The van der Waals surface area contributed by atoms with Gasteiger partial charge >= 0.3 is 5.69 Å². The Morgan fingerprint density at radius 3 is 2.27 bits per heavy atom. The molecule has 0 radical (unpaired) electrons. The van der Waals surface area contributed by atoms with Gasteiger partial charge in [-0.3, -0.25) is 0 Å². The first-order valence-electron chi connectivity index (χ1n) is 6.77. The van der Waals surface area contributed by atoms with Gasteiger partial charge in [0.05, 0.1) is 18.6 Å². The van der Waals surface area contributed by atoms with Crippen LogP contribution in [0.1, 0.15) is 0 Å². The molecule has 0 atom stereocenters. The van der Waals surface area contributed by atoms with Gasteiger partial charge in [0.1, 0.15) is 6.33 Å². The van der Waals surface area contributed by atoms with Gasteiger partial charge in [-0.1, -0.05) is 42.5 Å². The van der Waals surface area contributed by atoms with Crippen molar-refractivity contribution in [2.24, 2.45) is 5.73 Å². The van der Waals surface area contributed by atoms with E-state index in [1.54, 1.807) is 12.1 Å². The number of aromatic nitrogens is 3. The molecule has 0 aliphatic rings. The Labute approximate surface area is 127 Å². The molecule has 1 heterocycles. The van der Waals surface area contributed by atoms with Crippen LogP contribution in [0, 0.1) is 0 Å². The molecule has 2 N–H and O–H groups in total. The minimum absolute atomic E-state index is 0.0360.